The first-order valence-electron chi connectivity index (χ1n) is 9.02. The fourth-order valence-electron chi connectivity index (χ4n) is 3.46. The number of hydrogen-bond acceptors (Lipinski definition) is 4. The summed E-state index contributed by atoms with van der Waals surface area (Å²) < 4.78 is 7.58. The van der Waals surface area contributed by atoms with Crippen LogP contribution in [0.5, 0.6) is 0 Å². The molecule has 2 atom stereocenters. The van der Waals surface area contributed by atoms with Gasteiger partial charge in [0.25, 0.3) is 0 Å². The molecule has 1 fully saturated rings. The van der Waals surface area contributed by atoms with Gasteiger partial charge in [-0.25, -0.2) is 4.79 Å². The zero-order valence-electron chi connectivity index (χ0n) is 15.7. The number of aliphatic carboxylic acids is 1. The van der Waals surface area contributed by atoms with Crippen LogP contribution in [-0.4, -0.2) is 40.8 Å². The molecule has 2 aromatic rings. The average Bonchev–Trinajstić information content (AvgIpc) is 3.18. The van der Waals surface area contributed by atoms with Crippen molar-refractivity contribution in [2.45, 2.75) is 39.2 Å². The van der Waals surface area contributed by atoms with Crippen molar-refractivity contribution in [2.75, 3.05) is 13.1 Å². The smallest absolute Gasteiger partial charge is 0.410 e. The lowest BCUT2D eigenvalue weighted by Gasteiger charge is -2.25. The molecule has 0 radical (unpaired) electrons. The Labute approximate surface area is 171 Å². The molecular formula is C20H24BrNO4S. The molecule has 0 saturated carbocycles. The normalized spacial score (nSPS) is 18.7. The van der Waals surface area contributed by atoms with Crippen molar-refractivity contribution in [3.8, 4) is 0 Å². The summed E-state index contributed by atoms with van der Waals surface area (Å²) in [6, 6.07) is 8.09. The van der Waals surface area contributed by atoms with Crippen LogP contribution in [0.25, 0.3) is 10.1 Å². The van der Waals surface area contributed by atoms with Crippen LogP contribution in [0.2, 0.25) is 0 Å². The number of carboxylic acid groups (broad SMARTS) is 1. The molecule has 0 bridgehead atoms. The molecular weight excluding hydrogens is 430 g/mol. The number of amides is 1. The standard InChI is InChI=1S/C20H24BrNO4S/c1-20(2,3)26-19(25)22-8-7-12(11-22)14(18(23)24)9-13-10-15-16(21)5-4-6-17(15)27-13/h4-6,10,12,14H,7-9,11H2,1-3H3,(H,23,24)/t12-,14-/m0/s1. The number of rotatable bonds is 4. The molecule has 1 amide bonds. The van der Waals surface area contributed by atoms with E-state index in [1.807, 2.05) is 39.0 Å². The Kier molecular flexibility index (Phi) is 5.82. The molecule has 7 heteroatoms. The second-order valence-electron chi connectivity index (χ2n) is 7.99. The third kappa shape index (κ3) is 4.82. The van der Waals surface area contributed by atoms with Gasteiger partial charge in [-0.1, -0.05) is 22.0 Å². The number of ether oxygens (including phenoxy) is 1. The molecule has 146 valence electrons. The van der Waals surface area contributed by atoms with Gasteiger partial charge >= 0.3 is 12.1 Å². The van der Waals surface area contributed by atoms with E-state index in [0.29, 0.717) is 25.9 Å². The van der Waals surface area contributed by atoms with Crippen molar-refractivity contribution in [3.63, 3.8) is 0 Å². The van der Waals surface area contributed by atoms with Crippen molar-refractivity contribution < 1.29 is 19.4 Å². The quantitative estimate of drug-likeness (QED) is 0.693. The molecule has 0 aliphatic carbocycles. The van der Waals surface area contributed by atoms with Gasteiger partial charge < -0.3 is 14.7 Å². The van der Waals surface area contributed by atoms with Crippen molar-refractivity contribution in [3.05, 3.63) is 33.6 Å². The first-order chi connectivity index (χ1) is 12.6. The fraction of sp³-hybridized carbons (Fsp3) is 0.500. The third-order valence-electron chi connectivity index (χ3n) is 4.74. The van der Waals surface area contributed by atoms with Gasteiger partial charge in [-0.15, -0.1) is 11.3 Å². The SMILES string of the molecule is CC(C)(C)OC(=O)N1CC[C@H]([C@H](Cc2cc3c(Br)cccc3s2)C(=O)O)C1. The highest BCUT2D eigenvalue weighted by molar-refractivity contribution is 9.10. The Balaban J connectivity index is 1.71. The molecule has 1 aliphatic rings. The Morgan fingerprint density at radius 3 is 2.78 bits per heavy atom. The second kappa shape index (κ2) is 7.80. The maximum atomic E-state index is 12.3. The van der Waals surface area contributed by atoms with Crippen LogP contribution in [-0.2, 0) is 16.0 Å². The summed E-state index contributed by atoms with van der Waals surface area (Å²) in [6.45, 7) is 6.47. The van der Waals surface area contributed by atoms with Crippen LogP contribution in [0, 0.1) is 11.8 Å². The van der Waals surface area contributed by atoms with Gasteiger partial charge in [0.05, 0.1) is 5.92 Å². The Hall–Kier alpha value is -1.60. The molecule has 2 heterocycles. The molecule has 5 nitrogen and oxygen atoms in total. The zero-order chi connectivity index (χ0) is 19.8. The minimum absolute atomic E-state index is 0.0660. The van der Waals surface area contributed by atoms with Gasteiger partial charge in [-0.3, -0.25) is 4.79 Å². The topological polar surface area (TPSA) is 66.8 Å². The zero-order valence-corrected chi connectivity index (χ0v) is 18.1. The number of likely N-dealkylation sites (tertiary alicyclic amines) is 1. The van der Waals surface area contributed by atoms with Gasteiger partial charge in [-0.05, 0) is 57.7 Å². The Morgan fingerprint density at radius 1 is 1.41 bits per heavy atom. The predicted molar refractivity (Wildman–Crippen MR) is 110 cm³/mol. The molecule has 1 saturated heterocycles. The number of hydrogen-bond donors (Lipinski definition) is 1. The molecule has 0 spiro atoms. The summed E-state index contributed by atoms with van der Waals surface area (Å²) in [5.41, 5.74) is -0.550. The maximum Gasteiger partial charge on any atom is 0.410 e. The molecule has 1 N–H and O–H groups in total. The first-order valence-corrected chi connectivity index (χ1v) is 10.6. The van der Waals surface area contributed by atoms with Crippen LogP contribution in [0.3, 0.4) is 0 Å². The van der Waals surface area contributed by atoms with Crippen LogP contribution >= 0.6 is 27.3 Å². The highest BCUT2D eigenvalue weighted by Crippen LogP contribution is 2.35. The van der Waals surface area contributed by atoms with E-state index in [1.54, 1.807) is 16.2 Å². The van der Waals surface area contributed by atoms with E-state index >= 15 is 0 Å². The van der Waals surface area contributed by atoms with E-state index in [-0.39, 0.29) is 12.0 Å². The van der Waals surface area contributed by atoms with Crippen LogP contribution in [0.15, 0.2) is 28.7 Å². The molecule has 27 heavy (non-hydrogen) atoms. The summed E-state index contributed by atoms with van der Waals surface area (Å²) >= 11 is 5.18. The molecule has 1 aromatic carbocycles. The van der Waals surface area contributed by atoms with Crippen molar-refractivity contribution in [2.24, 2.45) is 11.8 Å². The van der Waals surface area contributed by atoms with Gasteiger partial charge in [0.2, 0.25) is 0 Å². The second-order valence-corrected chi connectivity index (χ2v) is 10.0. The molecule has 0 unspecified atom stereocenters. The van der Waals surface area contributed by atoms with E-state index in [2.05, 4.69) is 22.0 Å². The lowest BCUT2D eigenvalue weighted by atomic mass is 9.88. The van der Waals surface area contributed by atoms with Crippen molar-refractivity contribution in [1.29, 1.82) is 0 Å². The monoisotopic (exact) mass is 453 g/mol. The van der Waals surface area contributed by atoms with Crippen LogP contribution in [0.4, 0.5) is 4.79 Å². The van der Waals surface area contributed by atoms with Crippen molar-refractivity contribution >= 4 is 49.4 Å². The number of carbonyl (C=O) groups is 2. The largest absolute Gasteiger partial charge is 0.481 e. The lowest BCUT2D eigenvalue weighted by Crippen LogP contribution is -2.36. The summed E-state index contributed by atoms with van der Waals surface area (Å²) in [5.74, 6) is -1.38. The predicted octanol–water partition coefficient (Wildman–Crippen LogP) is 5.16. The average molecular weight is 454 g/mol. The molecule has 1 aromatic heterocycles. The van der Waals surface area contributed by atoms with Gasteiger partial charge in [0, 0.05) is 32.5 Å². The summed E-state index contributed by atoms with van der Waals surface area (Å²) in [5, 5.41) is 10.9. The Bertz CT molecular complexity index is 857. The molecule has 1 aliphatic heterocycles. The van der Waals surface area contributed by atoms with Crippen LogP contribution < -0.4 is 0 Å². The van der Waals surface area contributed by atoms with E-state index in [4.69, 9.17) is 4.74 Å². The summed E-state index contributed by atoms with van der Waals surface area (Å²) in [6.07, 6.45) is 0.804. The third-order valence-corrected chi connectivity index (χ3v) is 6.56. The van der Waals surface area contributed by atoms with Crippen LogP contribution in [0.1, 0.15) is 32.1 Å². The maximum absolute atomic E-state index is 12.3. The van der Waals surface area contributed by atoms with Gasteiger partial charge in [-0.2, -0.15) is 0 Å². The van der Waals surface area contributed by atoms with E-state index in [1.165, 1.54) is 0 Å². The summed E-state index contributed by atoms with van der Waals surface area (Å²) in [7, 11) is 0. The first kappa shape index (κ1) is 20.1. The highest BCUT2D eigenvalue weighted by atomic mass is 79.9. The van der Waals surface area contributed by atoms with E-state index in [9.17, 15) is 14.7 Å². The number of thiophene rings is 1. The Morgan fingerprint density at radius 2 is 2.15 bits per heavy atom. The van der Waals surface area contributed by atoms with Crippen molar-refractivity contribution in [1.82, 2.24) is 4.90 Å². The van der Waals surface area contributed by atoms with Gasteiger partial charge in [0.15, 0.2) is 0 Å². The number of nitrogens with zero attached hydrogens (tertiary/aromatic N) is 1. The van der Waals surface area contributed by atoms with Gasteiger partial charge in [0.1, 0.15) is 5.60 Å². The minimum Gasteiger partial charge on any atom is -0.481 e. The number of carbonyl (C=O) groups excluding carboxylic acids is 1. The van der Waals surface area contributed by atoms with E-state index in [0.717, 1.165) is 19.4 Å². The highest BCUT2D eigenvalue weighted by Gasteiger charge is 2.37. The minimum atomic E-state index is -0.803. The molecule has 3 rings (SSSR count). The van der Waals surface area contributed by atoms with E-state index < -0.39 is 17.5 Å². The number of fused-ring (bicyclic) bond motifs is 1. The summed E-state index contributed by atoms with van der Waals surface area (Å²) in [4.78, 5) is 26.9. The lowest BCUT2D eigenvalue weighted by molar-refractivity contribution is -0.143. The number of carboxylic acids is 1. The fourth-order valence-corrected chi connectivity index (χ4v) is 5.22. The number of halogens is 1. The number of benzene rings is 1.